The fourth-order valence-corrected chi connectivity index (χ4v) is 7.87. The molecule has 0 radical (unpaired) electrons. The number of nitrogens with zero attached hydrogens (tertiary/aromatic N) is 6. The number of hydrogen-bond donors (Lipinski definition) is 4. The molecule has 1 atom stereocenters. The largest absolute Gasteiger partial charge is 0.500 e. The number of aliphatic hydroxyl groups is 2. The van der Waals surface area contributed by atoms with Gasteiger partial charge in [0, 0.05) is 88.5 Å². The molecule has 5 aromatic carbocycles. The first-order valence-corrected chi connectivity index (χ1v) is 22.9. The molecule has 0 fully saturated rings. The zero-order valence-corrected chi connectivity index (χ0v) is 39.9. The molecule has 15 heteroatoms. The van der Waals surface area contributed by atoms with Crippen molar-refractivity contribution in [2.75, 3.05) is 61.2 Å². The van der Waals surface area contributed by atoms with Gasteiger partial charge in [-0.25, -0.2) is 15.0 Å². The van der Waals surface area contributed by atoms with Crippen molar-refractivity contribution >= 4 is 58.0 Å². The minimum atomic E-state index is -1.05. The maximum atomic E-state index is 10.1. The number of aliphatic hydroxyl groups excluding tert-OH is 2. The predicted molar refractivity (Wildman–Crippen MR) is 281 cm³/mol. The van der Waals surface area contributed by atoms with E-state index < -0.39 is 10.5 Å². The normalized spacial score (nSPS) is 14.5. The van der Waals surface area contributed by atoms with Gasteiger partial charge in [0.2, 0.25) is 5.70 Å². The smallest absolute Gasteiger partial charge is 0.292 e. The minimum Gasteiger partial charge on any atom is -0.500 e. The van der Waals surface area contributed by atoms with E-state index in [1.807, 2.05) is 165 Å². The Labute approximate surface area is 413 Å². The predicted octanol–water partition coefficient (Wildman–Crippen LogP) is 11.0. The molecule has 2 heterocycles. The van der Waals surface area contributed by atoms with Gasteiger partial charge in [-0.15, -0.1) is 11.3 Å². The van der Waals surface area contributed by atoms with Crippen LogP contribution in [0.4, 0.5) is 28.4 Å². The highest BCUT2D eigenvalue weighted by Gasteiger charge is 2.43. The van der Waals surface area contributed by atoms with Crippen LogP contribution in [-0.4, -0.2) is 55.0 Å². The standard InChI is InChI=1S/C39H32N4O3S.C10H16N2O.C6H6N2O2/c1-39(30-13-9-6-10-14-30)34(37(42-3)38(46-39)35(26-40)41-2)22-21-33-20-19-32(47-33)18-16-29-15-17-31(43(4)23-24-44)25-36(29)45-27-28-11-7-5-8-12-28;1-2-12(7-8-13)10-5-3-9(11)4-6-10;7-5-1-3-6(4-2-5)8(9)10/h5-22,25,44H,23-24,27H2,1,4H3;3-6,13H,2,7-8,11H2,1H3;1-4H,7H2/b18-16+,22-21+,38-35+;;. The van der Waals surface area contributed by atoms with Crippen LogP contribution in [0.15, 0.2) is 168 Å². The van der Waals surface area contributed by atoms with Crippen LogP contribution < -0.4 is 26.0 Å². The second-order valence-electron chi connectivity index (χ2n) is 15.6. The van der Waals surface area contributed by atoms with Crippen LogP contribution in [0.1, 0.15) is 40.3 Å². The molecule has 6 aromatic rings. The molecule has 0 spiro atoms. The summed E-state index contributed by atoms with van der Waals surface area (Å²) < 4.78 is 12.5. The van der Waals surface area contributed by atoms with Crippen LogP contribution in [0, 0.1) is 34.6 Å². The second kappa shape index (κ2) is 26.0. The van der Waals surface area contributed by atoms with Gasteiger partial charge in [0.1, 0.15) is 23.7 Å². The summed E-state index contributed by atoms with van der Waals surface area (Å²) in [5.74, 6) is 0.751. The van der Waals surface area contributed by atoms with E-state index in [1.54, 1.807) is 11.3 Å². The average Bonchev–Trinajstić information content (AvgIpc) is 3.96. The number of nitrogen functional groups attached to an aromatic ring is 2. The number of likely N-dealkylation sites (N-methyl/N-ethyl adjacent to an activating group) is 2. The van der Waals surface area contributed by atoms with Crippen LogP contribution in [0.5, 0.6) is 5.75 Å². The van der Waals surface area contributed by atoms with E-state index in [1.165, 1.54) is 24.3 Å². The number of thiophene rings is 1. The van der Waals surface area contributed by atoms with Crippen LogP contribution in [0.2, 0.25) is 0 Å². The Bertz CT molecular complexity index is 2920. The van der Waals surface area contributed by atoms with Gasteiger partial charge in [-0.2, -0.15) is 0 Å². The van der Waals surface area contributed by atoms with Gasteiger partial charge in [0.25, 0.3) is 11.4 Å². The Hall–Kier alpha value is -8.65. The first kappa shape index (κ1) is 52.3. The zero-order chi connectivity index (χ0) is 50.5. The number of allylic oxidation sites excluding steroid dienone is 1. The Morgan fingerprint density at radius 1 is 0.843 bits per heavy atom. The molecule has 1 aliphatic heterocycles. The summed E-state index contributed by atoms with van der Waals surface area (Å²) in [6.45, 7) is 22.0. The first-order valence-electron chi connectivity index (χ1n) is 22.1. The van der Waals surface area contributed by atoms with E-state index in [0.29, 0.717) is 31.0 Å². The van der Waals surface area contributed by atoms with E-state index >= 15 is 0 Å². The molecule has 0 aliphatic carbocycles. The third-order valence-electron chi connectivity index (χ3n) is 10.9. The van der Waals surface area contributed by atoms with E-state index in [-0.39, 0.29) is 36.1 Å². The molecule has 0 amide bonds. The highest BCUT2D eigenvalue weighted by atomic mass is 32.1. The maximum Gasteiger partial charge on any atom is 0.292 e. The molecule has 356 valence electrons. The number of hydrogen-bond acceptors (Lipinski definition) is 12. The van der Waals surface area contributed by atoms with Crippen molar-refractivity contribution in [2.24, 2.45) is 0 Å². The van der Waals surface area contributed by atoms with Crippen molar-refractivity contribution < 1.29 is 24.6 Å². The minimum absolute atomic E-state index is 0.0113. The molecule has 70 heavy (non-hydrogen) atoms. The molecule has 1 aromatic heterocycles. The summed E-state index contributed by atoms with van der Waals surface area (Å²) in [4.78, 5) is 22.7. The Kier molecular flexibility index (Phi) is 19.5. The molecule has 1 unspecified atom stereocenters. The lowest BCUT2D eigenvalue weighted by atomic mass is 9.87. The van der Waals surface area contributed by atoms with Gasteiger partial charge in [0.15, 0.2) is 0 Å². The topological polar surface area (TPSA) is 193 Å². The van der Waals surface area contributed by atoms with Crippen LogP contribution in [0.25, 0.3) is 27.9 Å². The molecule has 1 aliphatic rings. The van der Waals surface area contributed by atoms with E-state index in [9.17, 15) is 20.5 Å². The van der Waals surface area contributed by atoms with Crippen LogP contribution in [0.3, 0.4) is 0 Å². The quantitative estimate of drug-likeness (QED) is 0.0237. The third kappa shape index (κ3) is 14.2. The van der Waals surface area contributed by atoms with Crippen molar-refractivity contribution in [1.82, 2.24) is 0 Å². The molecule has 6 N–H and O–H groups in total. The average molecular weight is 955 g/mol. The third-order valence-corrected chi connectivity index (χ3v) is 11.9. The molecule has 7 rings (SSSR count). The lowest BCUT2D eigenvalue weighted by Gasteiger charge is -2.28. The van der Waals surface area contributed by atoms with Crippen molar-refractivity contribution in [3.63, 3.8) is 0 Å². The zero-order valence-electron chi connectivity index (χ0n) is 39.1. The Balaban J connectivity index is 0.000000322. The van der Waals surface area contributed by atoms with Crippen molar-refractivity contribution in [1.29, 1.82) is 5.26 Å². The summed E-state index contributed by atoms with van der Waals surface area (Å²) >= 11 is 1.58. The van der Waals surface area contributed by atoms with Gasteiger partial charge in [0.05, 0.1) is 37.4 Å². The number of nitrogens with two attached hydrogens (primary N) is 2. The van der Waals surface area contributed by atoms with E-state index in [4.69, 9.17) is 39.2 Å². The lowest BCUT2D eigenvalue weighted by Crippen LogP contribution is -2.25. The summed E-state index contributed by atoms with van der Waals surface area (Å²) in [5, 5.41) is 37.9. The number of ether oxygens (including phenoxy) is 2. The van der Waals surface area contributed by atoms with E-state index in [2.05, 4.69) is 21.5 Å². The summed E-state index contributed by atoms with van der Waals surface area (Å²) in [5.41, 5.74) is 16.6. The monoisotopic (exact) mass is 954 g/mol. The highest BCUT2D eigenvalue weighted by Crippen LogP contribution is 2.48. The summed E-state index contributed by atoms with van der Waals surface area (Å²) in [6, 6.07) is 44.8. The van der Waals surface area contributed by atoms with Crippen molar-refractivity contribution in [3.05, 3.63) is 228 Å². The molecule has 0 saturated carbocycles. The van der Waals surface area contributed by atoms with Crippen molar-refractivity contribution in [2.45, 2.75) is 26.1 Å². The molecular weight excluding hydrogens is 901 g/mol. The Morgan fingerprint density at radius 3 is 1.99 bits per heavy atom. The number of benzene rings is 5. The first-order chi connectivity index (χ1) is 33.9. The van der Waals surface area contributed by atoms with Gasteiger partial charge in [-0.05, 0) is 104 Å². The van der Waals surface area contributed by atoms with Crippen LogP contribution >= 0.6 is 11.3 Å². The summed E-state index contributed by atoms with van der Waals surface area (Å²) in [6.07, 6.45) is 7.84. The fraction of sp³-hybridized carbons (Fsp3) is 0.182. The van der Waals surface area contributed by atoms with Crippen LogP contribution in [-0.2, 0) is 16.9 Å². The SMILES string of the molecule is CCN(CCO)c1ccc(N)cc1.Nc1ccc([N+](=O)[O-])cc1.[C-]#[N+]C1=C(/C=C/c2ccc(/C=C/c3ccc(N(C)CCO)cc3OCc3ccccc3)s2)C(C)(c2ccccc2)O/C1=C(\C#N)[N+]#[C-]. The molecule has 0 saturated heterocycles. The van der Waals surface area contributed by atoms with Gasteiger partial charge in [-0.1, -0.05) is 66.7 Å². The number of nitro benzene ring substituents is 1. The number of anilines is 4. The Morgan fingerprint density at radius 2 is 1.43 bits per heavy atom. The number of non-ortho nitro benzene ring substituents is 1. The lowest BCUT2D eigenvalue weighted by molar-refractivity contribution is -0.384. The number of rotatable bonds is 16. The molecule has 0 bridgehead atoms. The van der Waals surface area contributed by atoms with Crippen molar-refractivity contribution in [3.8, 4) is 11.8 Å². The fourth-order valence-electron chi connectivity index (χ4n) is 7.06. The van der Waals surface area contributed by atoms with Gasteiger partial charge in [-0.3, -0.25) is 10.1 Å². The number of nitro groups is 1. The summed E-state index contributed by atoms with van der Waals surface area (Å²) in [7, 11) is 1.93. The molecular formula is C55H54N8O6S. The second-order valence-corrected chi connectivity index (χ2v) is 16.7. The maximum absolute atomic E-state index is 10.1. The highest BCUT2D eigenvalue weighted by molar-refractivity contribution is 7.13. The van der Waals surface area contributed by atoms with Gasteiger partial charge >= 0.3 is 0 Å². The number of nitriles is 1. The van der Waals surface area contributed by atoms with Gasteiger partial charge < -0.3 is 41.0 Å². The van der Waals surface area contributed by atoms with E-state index in [0.717, 1.165) is 55.8 Å². The molecule has 14 nitrogen and oxygen atoms in total.